The number of amides is 1. The molecule has 1 aromatic heterocycles. The number of aryl methyl sites for hydroxylation is 1. The van der Waals surface area contributed by atoms with E-state index in [-0.39, 0.29) is 11.9 Å². The number of carbonyl (C=O) groups is 1. The van der Waals surface area contributed by atoms with Crippen molar-refractivity contribution in [3.8, 4) is 0 Å². The number of nitrogens with zero attached hydrogens (tertiary/aromatic N) is 3. The molecule has 1 fully saturated rings. The van der Waals surface area contributed by atoms with E-state index in [1.165, 1.54) is 0 Å². The first-order valence-electron chi connectivity index (χ1n) is 4.71. The molecule has 1 aliphatic rings. The fourth-order valence-electron chi connectivity index (χ4n) is 1.66. The predicted octanol–water partition coefficient (Wildman–Crippen LogP) is -0.407. The van der Waals surface area contributed by atoms with Crippen molar-refractivity contribution in [2.24, 2.45) is 12.8 Å². The van der Waals surface area contributed by atoms with Crippen molar-refractivity contribution in [2.45, 2.75) is 12.5 Å². The van der Waals surface area contributed by atoms with E-state index in [1.54, 1.807) is 28.9 Å². The van der Waals surface area contributed by atoms with Crippen LogP contribution in [0.1, 0.15) is 16.9 Å². The molecule has 5 heteroatoms. The molecule has 0 saturated carbocycles. The second-order valence-corrected chi connectivity index (χ2v) is 3.67. The monoisotopic (exact) mass is 194 g/mol. The number of hydrogen-bond acceptors (Lipinski definition) is 3. The zero-order chi connectivity index (χ0) is 10.1. The predicted molar refractivity (Wildman–Crippen MR) is 51.7 cm³/mol. The highest BCUT2D eigenvalue weighted by molar-refractivity contribution is 5.92. The van der Waals surface area contributed by atoms with Crippen molar-refractivity contribution >= 4 is 5.91 Å². The molecule has 1 atom stereocenters. The summed E-state index contributed by atoms with van der Waals surface area (Å²) in [6.07, 6.45) is 2.65. The summed E-state index contributed by atoms with van der Waals surface area (Å²) in [6.45, 7) is 1.39. The Morgan fingerprint density at radius 2 is 2.50 bits per heavy atom. The molecule has 1 saturated heterocycles. The van der Waals surface area contributed by atoms with E-state index in [0.29, 0.717) is 12.2 Å². The molecule has 1 aromatic rings. The highest BCUT2D eigenvalue weighted by atomic mass is 16.2. The summed E-state index contributed by atoms with van der Waals surface area (Å²) in [5.41, 5.74) is 6.23. The Bertz CT molecular complexity index is 346. The topological polar surface area (TPSA) is 64.2 Å². The maximum Gasteiger partial charge on any atom is 0.274 e. The van der Waals surface area contributed by atoms with E-state index in [2.05, 4.69) is 5.10 Å². The lowest BCUT2D eigenvalue weighted by molar-refractivity contribution is 0.0784. The number of aromatic nitrogens is 2. The molecule has 14 heavy (non-hydrogen) atoms. The molecule has 1 amide bonds. The van der Waals surface area contributed by atoms with Crippen LogP contribution in [0, 0.1) is 0 Å². The molecule has 1 aliphatic heterocycles. The van der Waals surface area contributed by atoms with Crippen LogP contribution >= 0.6 is 0 Å². The molecule has 5 nitrogen and oxygen atoms in total. The molecule has 0 spiro atoms. The average Bonchev–Trinajstić information content (AvgIpc) is 2.73. The lowest BCUT2D eigenvalue weighted by atomic mass is 10.3. The van der Waals surface area contributed by atoms with Gasteiger partial charge in [0.15, 0.2) is 0 Å². The third-order valence-corrected chi connectivity index (χ3v) is 2.44. The molecular formula is C9H14N4O. The Balaban J connectivity index is 2.09. The summed E-state index contributed by atoms with van der Waals surface area (Å²) in [6, 6.07) is 1.86. The van der Waals surface area contributed by atoms with Crippen LogP contribution < -0.4 is 5.73 Å². The Hall–Kier alpha value is -1.36. The van der Waals surface area contributed by atoms with Gasteiger partial charge in [-0.15, -0.1) is 0 Å². The lowest BCUT2D eigenvalue weighted by Gasteiger charge is -2.13. The zero-order valence-electron chi connectivity index (χ0n) is 8.18. The van der Waals surface area contributed by atoms with Crippen LogP contribution in [0.2, 0.25) is 0 Å². The number of carbonyl (C=O) groups excluding carboxylic acids is 1. The Kier molecular flexibility index (Phi) is 2.25. The van der Waals surface area contributed by atoms with Crippen molar-refractivity contribution in [3.05, 3.63) is 18.0 Å². The molecule has 2 rings (SSSR count). The Labute approximate surface area is 82.5 Å². The van der Waals surface area contributed by atoms with Gasteiger partial charge in [-0.05, 0) is 12.5 Å². The minimum atomic E-state index is -0.0152. The minimum Gasteiger partial charge on any atom is -0.336 e. The van der Waals surface area contributed by atoms with Crippen molar-refractivity contribution < 1.29 is 4.79 Å². The molecule has 76 valence electrons. The summed E-state index contributed by atoms with van der Waals surface area (Å²) < 4.78 is 1.63. The van der Waals surface area contributed by atoms with Crippen molar-refractivity contribution in [1.82, 2.24) is 14.7 Å². The first-order valence-corrected chi connectivity index (χ1v) is 4.71. The third-order valence-electron chi connectivity index (χ3n) is 2.44. The highest BCUT2D eigenvalue weighted by Crippen LogP contribution is 2.10. The first kappa shape index (κ1) is 9.21. The van der Waals surface area contributed by atoms with E-state index < -0.39 is 0 Å². The number of hydrogen-bond donors (Lipinski definition) is 1. The second kappa shape index (κ2) is 3.42. The van der Waals surface area contributed by atoms with Crippen LogP contribution in [0.4, 0.5) is 0 Å². The van der Waals surface area contributed by atoms with Crippen LogP contribution in [0.25, 0.3) is 0 Å². The normalized spacial score (nSPS) is 21.6. The van der Waals surface area contributed by atoms with Gasteiger partial charge in [-0.3, -0.25) is 9.48 Å². The zero-order valence-corrected chi connectivity index (χ0v) is 8.18. The van der Waals surface area contributed by atoms with E-state index in [0.717, 1.165) is 13.0 Å². The summed E-state index contributed by atoms with van der Waals surface area (Å²) in [5.74, 6) is -0.0152. The van der Waals surface area contributed by atoms with E-state index in [9.17, 15) is 4.79 Å². The summed E-state index contributed by atoms with van der Waals surface area (Å²) in [5, 5.41) is 4.06. The number of rotatable bonds is 1. The minimum absolute atomic E-state index is 0.0152. The van der Waals surface area contributed by atoms with Crippen LogP contribution in [-0.2, 0) is 7.05 Å². The molecule has 0 aliphatic carbocycles. The highest BCUT2D eigenvalue weighted by Gasteiger charge is 2.25. The fraction of sp³-hybridized carbons (Fsp3) is 0.556. The quantitative estimate of drug-likeness (QED) is 0.661. The van der Waals surface area contributed by atoms with Gasteiger partial charge < -0.3 is 10.6 Å². The van der Waals surface area contributed by atoms with Gasteiger partial charge in [0.05, 0.1) is 0 Å². The number of nitrogens with two attached hydrogens (primary N) is 1. The summed E-state index contributed by atoms with van der Waals surface area (Å²) >= 11 is 0. The van der Waals surface area contributed by atoms with Gasteiger partial charge in [0.1, 0.15) is 5.69 Å². The molecule has 0 bridgehead atoms. The molecule has 2 N–H and O–H groups in total. The molecule has 0 radical (unpaired) electrons. The SMILES string of the molecule is Cn1ccc(C(=O)N2CC[C@@H](N)C2)n1. The van der Waals surface area contributed by atoms with E-state index in [4.69, 9.17) is 5.73 Å². The third kappa shape index (κ3) is 1.63. The van der Waals surface area contributed by atoms with Crippen LogP contribution in [0.15, 0.2) is 12.3 Å². The maximum atomic E-state index is 11.8. The summed E-state index contributed by atoms with van der Waals surface area (Å²) in [7, 11) is 1.80. The first-order chi connectivity index (χ1) is 6.66. The van der Waals surface area contributed by atoms with Crippen molar-refractivity contribution in [2.75, 3.05) is 13.1 Å². The van der Waals surface area contributed by atoms with E-state index in [1.807, 2.05) is 0 Å². The van der Waals surface area contributed by atoms with Crippen molar-refractivity contribution in [3.63, 3.8) is 0 Å². The molecular weight excluding hydrogens is 180 g/mol. The Morgan fingerprint density at radius 3 is 3.00 bits per heavy atom. The van der Waals surface area contributed by atoms with Crippen LogP contribution in [0.5, 0.6) is 0 Å². The maximum absolute atomic E-state index is 11.8. The van der Waals surface area contributed by atoms with Gasteiger partial charge in [-0.2, -0.15) is 5.10 Å². The molecule has 0 unspecified atom stereocenters. The smallest absolute Gasteiger partial charge is 0.274 e. The Morgan fingerprint density at radius 1 is 1.71 bits per heavy atom. The van der Waals surface area contributed by atoms with Crippen molar-refractivity contribution in [1.29, 1.82) is 0 Å². The lowest BCUT2D eigenvalue weighted by Crippen LogP contribution is -2.32. The van der Waals surface area contributed by atoms with Gasteiger partial charge in [0, 0.05) is 32.4 Å². The van der Waals surface area contributed by atoms with Gasteiger partial charge >= 0.3 is 0 Å². The van der Waals surface area contributed by atoms with Crippen LogP contribution in [-0.4, -0.2) is 39.7 Å². The standard InChI is InChI=1S/C9H14N4O/c1-12-4-3-8(11-12)9(14)13-5-2-7(10)6-13/h3-4,7H,2,5-6,10H2,1H3/t7-/m1/s1. The second-order valence-electron chi connectivity index (χ2n) is 3.67. The van der Waals surface area contributed by atoms with Gasteiger partial charge in [-0.25, -0.2) is 0 Å². The summed E-state index contributed by atoms with van der Waals surface area (Å²) in [4.78, 5) is 13.6. The van der Waals surface area contributed by atoms with Gasteiger partial charge in [0.2, 0.25) is 0 Å². The van der Waals surface area contributed by atoms with Crippen LogP contribution in [0.3, 0.4) is 0 Å². The largest absolute Gasteiger partial charge is 0.336 e. The van der Waals surface area contributed by atoms with Gasteiger partial charge in [-0.1, -0.05) is 0 Å². The number of likely N-dealkylation sites (tertiary alicyclic amines) is 1. The molecule has 0 aromatic carbocycles. The fourth-order valence-corrected chi connectivity index (χ4v) is 1.66. The molecule has 2 heterocycles. The average molecular weight is 194 g/mol. The van der Waals surface area contributed by atoms with E-state index >= 15 is 0 Å². The van der Waals surface area contributed by atoms with Gasteiger partial charge in [0.25, 0.3) is 5.91 Å².